The molecule has 130 valence electrons. The lowest BCUT2D eigenvalue weighted by Gasteiger charge is -2.63. The number of oxime groups is 1. The lowest BCUT2D eigenvalue weighted by molar-refractivity contribution is -0.148. The number of hydrogen-bond acceptors (Lipinski definition) is 3. The Balaban J connectivity index is 1.77. The Morgan fingerprint density at radius 1 is 1.00 bits per heavy atom. The highest BCUT2D eigenvalue weighted by Crippen LogP contribution is 2.66. The summed E-state index contributed by atoms with van der Waals surface area (Å²) in [5, 5.41) is 16.1. The molecule has 0 aromatic carbocycles. The summed E-state index contributed by atoms with van der Waals surface area (Å²) in [6.07, 6.45) is 12.2. The molecule has 0 bridgehead atoms. The smallest absolute Gasteiger partial charge is 0.112 e. The first-order valence-corrected chi connectivity index (χ1v) is 9.77. The summed E-state index contributed by atoms with van der Waals surface area (Å²) >= 11 is 0. The molecule has 3 nitrogen and oxygen atoms in total. The molecule has 4 aliphatic rings. The number of aliphatic hydroxyl groups is 1. The van der Waals surface area contributed by atoms with Crippen LogP contribution in [0.3, 0.4) is 0 Å². The van der Waals surface area contributed by atoms with Gasteiger partial charge in [-0.25, -0.2) is 0 Å². The molecule has 0 radical (unpaired) electrons. The standard InChI is InChI=1S/C20H33NO2/c1-18-9-6-7-15(18)14-13-17(21-23-3)20(22)11-5-4-10-19(20,2)16(14)8-12-18/h14-16,22H,4-13H2,1-3H3/b21-17+/t14-,15-,16-,18-,19+,20-/m0/s1. The quantitative estimate of drug-likeness (QED) is 0.721. The van der Waals surface area contributed by atoms with Crippen molar-refractivity contribution < 1.29 is 9.94 Å². The van der Waals surface area contributed by atoms with Gasteiger partial charge in [-0.2, -0.15) is 0 Å². The third-order valence-corrected chi connectivity index (χ3v) is 8.57. The van der Waals surface area contributed by atoms with Crippen LogP contribution in [-0.4, -0.2) is 23.5 Å². The van der Waals surface area contributed by atoms with Crippen molar-refractivity contribution in [3.05, 3.63) is 0 Å². The van der Waals surface area contributed by atoms with Crippen LogP contribution in [0.1, 0.15) is 78.1 Å². The third kappa shape index (κ3) is 2.01. The second kappa shape index (κ2) is 5.21. The molecule has 3 heteroatoms. The van der Waals surface area contributed by atoms with Crippen molar-refractivity contribution in [2.75, 3.05) is 7.11 Å². The maximum atomic E-state index is 11.7. The van der Waals surface area contributed by atoms with Gasteiger partial charge in [0.05, 0.1) is 5.71 Å². The van der Waals surface area contributed by atoms with Gasteiger partial charge in [-0.3, -0.25) is 0 Å². The molecule has 6 atom stereocenters. The van der Waals surface area contributed by atoms with Gasteiger partial charge in [0.15, 0.2) is 0 Å². The Labute approximate surface area is 140 Å². The summed E-state index contributed by atoms with van der Waals surface area (Å²) in [5.41, 5.74) is 0.768. The maximum Gasteiger partial charge on any atom is 0.112 e. The average Bonchev–Trinajstić information content (AvgIpc) is 2.91. The zero-order valence-electron chi connectivity index (χ0n) is 15.1. The summed E-state index contributed by atoms with van der Waals surface area (Å²) in [6.45, 7) is 4.89. The molecule has 0 aromatic rings. The summed E-state index contributed by atoms with van der Waals surface area (Å²) in [7, 11) is 1.63. The van der Waals surface area contributed by atoms with E-state index in [1.54, 1.807) is 7.11 Å². The molecule has 23 heavy (non-hydrogen) atoms. The van der Waals surface area contributed by atoms with Crippen molar-refractivity contribution in [1.82, 2.24) is 0 Å². The molecule has 0 saturated heterocycles. The Hall–Kier alpha value is -0.570. The number of rotatable bonds is 1. The van der Waals surface area contributed by atoms with Crippen molar-refractivity contribution >= 4 is 5.71 Å². The fourth-order valence-corrected chi connectivity index (χ4v) is 7.30. The minimum absolute atomic E-state index is 0.00451. The van der Waals surface area contributed by atoms with Crippen molar-refractivity contribution in [3.8, 4) is 0 Å². The van der Waals surface area contributed by atoms with E-state index in [0.717, 1.165) is 37.3 Å². The van der Waals surface area contributed by atoms with Crippen LogP contribution in [0.4, 0.5) is 0 Å². The number of hydrogen-bond donors (Lipinski definition) is 1. The lowest BCUT2D eigenvalue weighted by Crippen LogP contribution is -2.65. The largest absolute Gasteiger partial charge is 0.399 e. The van der Waals surface area contributed by atoms with E-state index in [1.165, 1.54) is 38.5 Å². The fourth-order valence-electron chi connectivity index (χ4n) is 7.30. The van der Waals surface area contributed by atoms with Gasteiger partial charge in [0.2, 0.25) is 0 Å². The molecule has 0 heterocycles. The van der Waals surface area contributed by atoms with Gasteiger partial charge in [0.1, 0.15) is 12.7 Å². The normalized spacial score (nSPS) is 54.3. The fraction of sp³-hybridized carbons (Fsp3) is 0.950. The summed E-state index contributed by atoms with van der Waals surface area (Å²) in [4.78, 5) is 5.18. The zero-order chi connectivity index (χ0) is 16.3. The molecule has 0 unspecified atom stereocenters. The first kappa shape index (κ1) is 15.9. The Morgan fingerprint density at radius 3 is 2.57 bits per heavy atom. The van der Waals surface area contributed by atoms with Gasteiger partial charge in [-0.1, -0.05) is 38.3 Å². The van der Waals surface area contributed by atoms with E-state index < -0.39 is 5.60 Å². The lowest BCUT2D eigenvalue weighted by atomic mass is 9.43. The first-order chi connectivity index (χ1) is 10.9. The monoisotopic (exact) mass is 319 g/mol. The Bertz CT molecular complexity index is 518. The summed E-state index contributed by atoms with van der Waals surface area (Å²) < 4.78 is 0. The van der Waals surface area contributed by atoms with Crippen molar-refractivity contribution in [2.24, 2.45) is 33.7 Å². The van der Waals surface area contributed by atoms with Gasteiger partial charge in [-0.15, -0.1) is 0 Å². The molecule has 4 fully saturated rings. The molecular weight excluding hydrogens is 286 g/mol. The molecule has 0 amide bonds. The SMILES string of the molecule is CO/N=C1\C[C@H]2[C@@H]3CCC[C@@]3(C)CC[C@@H]2[C@@]2(C)CCCC[C@]12O. The van der Waals surface area contributed by atoms with E-state index >= 15 is 0 Å². The van der Waals surface area contributed by atoms with E-state index in [-0.39, 0.29) is 5.41 Å². The van der Waals surface area contributed by atoms with Crippen LogP contribution in [0.25, 0.3) is 0 Å². The van der Waals surface area contributed by atoms with E-state index in [1.807, 2.05) is 0 Å². The van der Waals surface area contributed by atoms with E-state index in [2.05, 4.69) is 19.0 Å². The van der Waals surface area contributed by atoms with Crippen LogP contribution >= 0.6 is 0 Å². The topological polar surface area (TPSA) is 41.8 Å². The molecule has 1 N–H and O–H groups in total. The van der Waals surface area contributed by atoms with Gasteiger partial charge in [-0.05, 0) is 68.1 Å². The highest BCUT2D eigenvalue weighted by molar-refractivity contribution is 5.94. The number of fused-ring (bicyclic) bond motifs is 5. The predicted octanol–water partition coefficient (Wildman–Crippen LogP) is 4.54. The van der Waals surface area contributed by atoms with Gasteiger partial charge in [0.25, 0.3) is 0 Å². The Kier molecular flexibility index (Phi) is 3.61. The predicted molar refractivity (Wildman–Crippen MR) is 92.2 cm³/mol. The van der Waals surface area contributed by atoms with Gasteiger partial charge < -0.3 is 9.94 Å². The zero-order valence-corrected chi connectivity index (χ0v) is 15.1. The van der Waals surface area contributed by atoms with E-state index in [4.69, 9.17) is 4.84 Å². The van der Waals surface area contributed by atoms with Gasteiger partial charge in [0, 0.05) is 5.41 Å². The van der Waals surface area contributed by atoms with Crippen LogP contribution < -0.4 is 0 Å². The van der Waals surface area contributed by atoms with Crippen LogP contribution in [-0.2, 0) is 4.84 Å². The highest BCUT2D eigenvalue weighted by atomic mass is 16.6. The van der Waals surface area contributed by atoms with Crippen molar-refractivity contribution in [2.45, 2.75) is 83.7 Å². The average molecular weight is 319 g/mol. The molecule has 0 aromatic heterocycles. The highest BCUT2D eigenvalue weighted by Gasteiger charge is 2.64. The molecule has 4 rings (SSSR count). The van der Waals surface area contributed by atoms with Crippen LogP contribution in [0, 0.1) is 28.6 Å². The molecular formula is C20H33NO2. The minimum atomic E-state index is -0.727. The van der Waals surface area contributed by atoms with Gasteiger partial charge >= 0.3 is 0 Å². The first-order valence-electron chi connectivity index (χ1n) is 9.77. The summed E-state index contributed by atoms with van der Waals surface area (Å²) in [6, 6.07) is 0. The van der Waals surface area contributed by atoms with Crippen LogP contribution in [0.15, 0.2) is 5.16 Å². The van der Waals surface area contributed by atoms with Crippen molar-refractivity contribution in [1.29, 1.82) is 0 Å². The molecule has 4 aliphatic carbocycles. The van der Waals surface area contributed by atoms with Crippen molar-refractivity contribution in [3.63, 3.8) is 0 Å². The number of nitrogens with zero attached hydrogens (tertiary/aromatic N) is 1. The maximum absolute atomic E-state index is 11.7. The van der Waals surface area contributed by atoms with E-state index in [9.17, 15) is 5.11 Å². The second-order valence-corrected chi connectivity index (χ2v) is 9.37. The summed E-state index contributed by atoms with van der Waals surface area (Å²) in [5.74, 6) is 2.19. The molecule has 0 aliphatic heterocycles. The molecule has 4 saturated carbocycles. The van der Waals surface area contributed by atoms with Crippen LogP contribution in [0.2, 0.25) is 0 Å². The van der Waals surface area contributed by atoms with E-state index in [0.29, 0.717) is 17.3 Å². The van der Waals surface area contributed by atoms with Crippen LogP contribution in [0.5, 0.6) is 0 Å². The minimum Gasteiger partial charge on any atom is -0.399 e. The molecule has 0 spiro atoms. The third-order valence-electron chi connectivity index (χ3n) is 8.57. The Morgan fingerprint density at radius 2 is 1.78 bits per heavy atom. The second-order valence-electron chi connectivity index (χ2n) is 9.37.